The number of rotatable bonds is 2. The molecule has 1 unspecified atom stereocenters. The summed E-state index contributed by atoms with van der Waals surface area (Å²) < 4.78 is 79.7. The molecule has 0 fully saturated rings. The minimum atomic E-state index is -2.40. The molecule has 0 spiro atoms. The first-order valence-electron chi connectivity index (χ1n) is 4.14. The van der Waals surface area contributed by atoms with Crippen molar-refractivity contribution in [3.8, 4) is 5.75 Å². The summed E-state index contributed by atoms with van der Waals surface area (Å²) in [7, 11) is 0. The Balaban J connectivity index is 3.30. The van der Waals surface area contributed by atoms with Crippen molar-refractivity contribution >= 4 is 5.97 Å². The van der Waals surface area contributed by atoms with Gasteiger partial charge in [-0.05, 0) is 6.92 Å². The van der Waals surface area contributed by atoms with E-state index in [0.717, 1.165) is 0 Å². The fourth-order valence-electron chi connectivity index (χ4n) is 0.856. The van der Waals surface area contributed by atoms with Crippen molar-refractivity contribution in [2.75, 3.05) is 0 Å². The number of halogens is 6. The molecule has 0 N–H and O–H groups in total. The van der Waals surface area contributed by atoms with Crippen LogP contribution in [0.15, 0.2) is 0 Å². The number of hydrogen-bond donors (Lipinski definition) is 0. The normalized spacial score (nSPS) is 12.4. The minimum Gasteiger partial charge on any atom is -0.418 e. The van der Waals surface area contributed by atoms with Crippen LogP contribution in [0.4, 0.5) is 26.3 Å². The molecule has 0 saturated carbocycles. The summed E-state index contributed by atoms with van der Waals surface area (Å²) in [5.41, 5.74) is 0. The van der Waals surface area contributed by atoms with Crippen LogP contribution in [0, 0.1) is 29.1 Å². The lowest BCUT2D eigenvalue weighted by Crippen LogP contribution is -2.20. The molecule has 0 aliphatic rings. The molecular weight excluding hydrogens is 254 g/mol. The third-order valence-electron chi connectivity index (χ3n) is 1.70. The van der Waals surface area contributed by atoms with Crippen LogP contribution >= 0.6 is 0 Å². The molecule has 1 aromatic rings. The lowest BCUT2D eigenvalue weighted by Gasteiger charge is -2.08. The highest BCUT2D eigenvalue weighted by Crippen LogP contribution is 2.29. The van der Waals surface area contributed by atoms with Gasteiger partial charge in [-0.2, -0.15) is 8.78 Å². The van der Waals surface area contributed by atoms with E-state index in [1.54, 1.807) is 0 Å². The van der Waals surface area contributed by atoms with Crippen LogP contribution in [0.1, 0.15) is 6.92 Å². The molecule has 0 heterocycles. The maximum atomic E-state index is 12.9. The lowest BCUT2D eigenvalue weighted by molar-refractivity contribution is -0.139. The Hall–Kier alpha value is -1.73. The summed E-state index contributed by atoms with van der Waals surface area (Å²) in [4.78, 5) is 10.7. The molecule has 0 aliphatic carbocycles. The molecule has 0 aromatic heterocycles. The van der Waals surface area contributed by atoms with Crippen LogP contribution in [-0.2, 0) is 4.79 Å². The molecule has 94 valence electrons. The number of carbonyl (C=O) groups excluding carboxylic acids is 1. The van der Waals surface area contributed by atoms with Crippen LogP contribution in [0.2, 0.25) is 0 Å². The van der Waals surface area contributed by atoms with E-state index in [-0.39, 0.29) is 0 Å². The standard InChI is InChI=1S/C9H4F6O2/c1-2(10)9(16)17-8-6(14)4(12)3(11)5(13)7(8)15/h2H,1H3. The van der Waals surface area contributed by atoms with E-state index in [4.69, 9.17) is 0 Å². The van der Waals surface area contributed by atoms with Crippen molar-refractivity contribution in [3.05, 3.63) is 29.1 Å². The van der Waals surface area contributed by atoms with Crippen molar-refractivity contribution < 1.29 is 35.9 Å². The van der Waals surface area contributed by atoms with Gasteiger partial charge >= 0.3 is 5.97 Å². The zero-order valence-corrected chi connectivity index (χ0v) is 8.16. The molecule has 0 bridgehead atoms. The molecular formula is C9H4F6O2. The van der Waals surface area contributed by atoms with Crippen molar-refractivity contribution in [1.29, 1.82) is 0 Å². The van der Waals surface area contributed by atoms with Gasteiger partial charge in [-0.15, -0.1) is 0 Å². The molecule has 0 aliphatic heterocycles. The average Bonchev–Trinajstić information content (AvgIpc) is 2.29. The second kappa shape index (κ2) is 4.64. The third kappa shape index (κ3) is 2.34. The number of alkyl halides is 1. The van der Waals surface area contributed by atoms with Gasteiger partial charge in [-0.1, -0.05) is 0 Å². The van der Waals surface area contributed by atoms with E-state index in [1.807, 2.05) is 0 Å². The van der Waals surface area contributed by atoms with Gasteiger partial charge in [0.05, 0.1) is 0 Å². The summed E-state index contributed by atoms with van der Waals surface area (Å²) in [6, 6.07) is 0. The summed E-state index contributed by atoms with van der Waals surface area (Å²) in [5, 5.41) is 0. The smallest absolute Gasteiger partial charge is 0.346 e. The lowest BCUT2D eigenvalue weighted by atomic mass is 10.2. The van der Waals surface area contributed by atoms with Crippen LogP contribution in [-0.4, -0.2) is 12.1 Å². The largest absolute Gasteiger partial charge is 0.418 e. The second-order valence-electron chi connectivity index (χ2n) is 2.94. The SMILES string of the molecule is CC(F)C(=O)Oc1c(F)c(F)c(F)c(F)c1F. The van der Waals surface area contributed by atoms with Crippen molar-refractivity contribution in [3.63, 3.8) is 0 Å². The first-order chi connectivity index (χ1) is 7.77. The Kier molecular flexibility index (Phi) is 3.64. The van der Waals surface area contributed by atoms with Gasteiger partial charge in [-0.25, -0.2) is 22.4 Å². The fraction of sp³-hybridized carbons (Fsp3) is 0.222. The predicted molar refractivity (Wildman–Crippen MR) is 42.4 cm³/mol. The van der Waals surface area contributed by atoms with Crippen LogP contribution in [0.3, 0.4) is 0 Å². The topological polar surface area (TPSA) is 26.3 Å². The molecule has 1 atom stereocenters. The van der Waals surface area contributed by atoms with E-state index in [0.29, 0.717) is 6.92 Å². The quantitative estimate of drug-likeness (QED) is 0.268. The Bertz CT molecular complexity index is 442. The molecule has 2 nitrogen and oxygen atoms in total. The first kappa shape index (κ1) is 13.3. The Morgan fingerprint density at radius 2 is 1.29 bits per heavy atom. The molecule has 8 heteroatoms. The van der Waals surface area contributed by atoms with Gasteiger partial charge in [0.15, 0.2) is 6.17 Å². The highest BCUT2D eigenvalue weighted by atomic mass is 19.2. The average molecular weight is 258 g/mol. The summed E-state index contributed by atoms with van der Waals surface area (Å²) in [5.74, 6) is -15.2. The van der Waals surface area contributed by atoms with E-state index < -0.39 is 47.0 Å². The molecule has 1 rings (SSSR count). The number of esters is 1. The number of carbonyl (C=O) groups is 1. The number of hydrogen-bond acceptors (Lipinski definition) is 2. The molecule has 1 aromatic carbocycles. The molecule has 0 radical (unpaired) electrons. The molecule has 0 amide bonds. The summed E-state index contributed by atoms with van der Waals surface area (Å²) in [6.45, 7) is 0.675. The van der Waals surface area contributed by atoms with E-state index in [2.05, 4.69) is 4.74 Å². The van der Waals surface area contributed by atoms with Crippen LogP contribution in [0.25, 0.3) is 0 Å². The zero-order chi connectivity index (χ0) is 13.3. The first-order valence-corrected chi connectivity index (χ1v) is 4.14. The van der Waals surface area contributed by atoms with Gasteiger partial charge in [-0.3, -0.25) is 0 Å². The Labute approximate surface area is 90.8 Å². The minimum absolute atomic E-state index is 0.675. The fourth-order valence-corrected chi connectivity index (χ4v) is 0.856. The van der Waals surface area contributed by atoms with Gasteiger partial charge in [0.1, 0.15) is 0 Å². The molecule has 0 saturated heterocycles. The highest BCUT2D eigenvalue weighted by Gasteiger charge is 2.29. The predicted octanol–water partition coefficient (Wildman–Crippen LogP) is 2.65. The highest BCUT2D eigenvalue weighted by molar-refractivity contribution is 5.76. The van der Waals surface area contributed by atoms with E-state index >= 15 is 0 Å². The van der Waals surface area contributed by atoms with Crippen LogP contribution in [0.5, 0.6) is 5.75 Å². The molecule has 17 heavy (non-hydrogen) atoms. The van der Waals surface area contributed by atoms with Crippen molar-refractivity contribution in [1.82, 2.24) is 0 Å². The van der Waals surface area contributed by atoms with Gasteiger partial charge < -0.3 is 4.74 Å². The monoisotopic (exact) mass is 258 g/mol. The third-order valence-corrected chi connectivity index (χ3v) is 1.70. The maximum absolute atomic E-state index is 12.9. The summed E-state index contributed by atoms with van der Waals surface area (Å²) >= 11 is 0. The second-order valence-corrected chi connectivity index (χ2v) is 2.94. The summed E-state index contributed by atoms with van der Waals surface area (Å²) in [6.07, 6.45) is -2.27. The van der Waals surface area contributed by atoms with Crippen molar-refractivity contribution in [2.24, 2.45) is 0 Å². The zero-order valence-electron chi connectivity index (χ0n) is 8.16. The Morgan fingerprint density at radius 1 is 0.941 bits per heavy atom. The van der Waals surface area contributed by atoms with Gasteiger partial charge in [0.25, 0.3) is 0 Å². The number of benzene rings is 1. The van der Waals surface area contributed by atoms with Gasteiger partial charge in [0, 0.05) is 0 Å². The van der Waals surface area contributed by atoms with Crippen LogP contribution < -0.4 is 4.74 Å². The van der Waals surface area contributed by atoms with Gasteiger partial charge in [0.2, 0.25) is 34.8 Å². The Morgan fingerprint density at radius 3 is 1.65 bits per heavy atom. The number of ether oxygens (including phenoxy) is 1. The van der Waals surface area contributed by atoms with E-state index in [1.165, 1.54) is 0 Å². The van der Waals surface area contributed by atoms with Crippen molar-refractivity contribution in [2.45, 2.75) is 13.1 Å². The van der Waals surface area contributed by atoms with E-state index in [9.17, 15) is 31.1 Å². The maximum Gasteiger partial charge on any atom is 0.346 e.